The molecule has 0 radical (unpaired) electrons. The minimum Gasteiger partial charge on any atom is -0.305 e. The van der Waals surface area contributed by atoms with Crippen molar-refractivity contribution in [2.24, 2.45) is 22.7 Å². The van der Waals surface area contributed by atoms with Gasteiger partial charge < -0.3 is 4.90 Å². The monoisotopic (exact) mass is 482 g/mol. The van der Waals surface area contributed by atoms with Crippen molar-refractivity contribution in [1.29, 1.82) is 0 Å². The average molecular weight is 483 g/mol. The van der Waals surface area contributed by atoms with Crippen LogP contribution in [0.2, 0.25) is 0 Å². The van der Waals surface area contributed by atoms with Crippen LogP contribution in [0.15, 0.2) is 52.8 Å². The normalized spacial score (nSPS) is 28.0. The average Bonchev–Trinajstić information content (AvgIpc) is 3.06. The molecular formula is C30H40F2N2O. The number of hydrogen-bond acceptors (Lipinski definition) is 2. The van der Waals surface area contributed by atoms with Crippen LogP contribution < -0.4 is 0 Å². The number of carbonyl (C=O) groups excluding carboxylic acids is 1. The summed E-state index contributed by atoms with van der Waals surface area (Å²) < 4.78 is 28.4. The maximum Gasteiger partial charge on any atom is 0.274 e. The standard InChI is InChI=1S/C30H40F2N2O/c1-19(2)6-11-27(23-9-7-21(5)8-10-23)34-29(35)28(24-16-25(31)18-26(32)17-24)33-30(34)14-12-22(13-15-30)20(3)4/h7-10,16,18-20,22,26-27H,6,11-15,17H2,1-5H3. The molecule has 3 nitrogen and oxygen atoms in total. The number of amides is 1. The molecule has 3 aliphatic rings. The second-order valence-electron chi connectivity index (χ2n) is 11.5. The molecule has 1 aromatic carbocycles. The first kappa shape index (κ1) is 25.8. The van der Waals surface area contributed by atoms with Gasteiger partial charge in [-0.15, -0.1) is 0 Å². The highest BCUT2D eigenvalue weighted by Crippen LogP contribution is 2.48. The zero-order chi connectivity index (χ0) is 25.3. The fourth-order valence-corrected chi connectivity index (χ4v) is 5.98. The van der Waals surface area contributed by atoms with Crippen LogP contribution in [0.25, 0.3) is 0 Å². The molecule has 0 saturated heterocycles. The first-order valence-electron chi connectivity index (χ1n) is 13.3. The van der Waals surface area contributed by atoms with E-state index >= 15 is 0 Å². The van der Waals surface area contributed by atoms with Crippen LogP contribution in [0.5, 0.6) is 0 Å². The molecule has 1 amide bonds. The molecule has 0 aromatic heterocycles. The van der Waals surface area contributed by atoms with Crippen LogP contribution in [0.1, 0.15) is 89.8 Å². The predicted octanol–water partition coefficient (Wildman–Crippen LogP) is 7.82. The highest BCUT2D eigenvalue weighted by atomic mass is 19.1. The summed E-state index contributed by atoms with van der Waals surface area (Å²) in [5.74, 6) is 0.898. The molecule has 1 heterocycles. The molecule has 2 unspecified atom stereocenters. The van der Waals surface area contributed by atoms with Crippen molar-refractivity contribution in [3.63, 3.8) is 0 Å². The molecule has 1 saturated carbocycles. The first-order chi connectivity index (χ1) is 16.6. The van der Waals surface area contributed by atoms with Crippen molar-refractivity contribution < 1.29 is 13.6 Å². The Morgan fingerprint density at radius 3 is 2.31 bits per heavy atom. The molecule has 35 heavy (non-hydrogen) atoms. The molecule has 1 aliphatic heterocycles. The number of halogens is 2. The molecule has 4 rings (SSSR count). The fraction of sp³-hybridized carbons (Fsp3) is 0.600. The van der Waals surface area contributed by atoms with Gasteiger partial charge in [-0.3, -0.25) is 9.79 Å². The SMILES string of the molecule is Cc1ccc(C(CCC(C)C)N2C(=O)C(C3=CC(F)=CC(F)C3)=NC23CCC(C(C)C)CC3)cc1. The van der Waals surface area contributed by atoms with Gasteiger partial charge >= 0.3 is 0 Å². The van der Waals surface area contributed by atoms with Crippen LogP contribution in [0.4, 0.5) is 8.78 Å². The highest BCUT2D eigenvalue weighted by molar-refractivity contribution is 6.47. The summed E-state index contributed by atoms with van der Waals surface area (Å²) >= 11 is 0. The maximum atomic E-state index is 14.3. The Kier molecular flexibility index (Phi) is 7.63. The lowest BCUT2D eigenvalue weighted by Gasteiger charge is -2.46. The summed E-state index contributed by atoms with van der Waals surface area (Å²) in [5.41, 5.74) is 2.30. The van der Waals surface area contributed by atoms with Gasteiger partial charge in [0.2, 0.25) is 0 Å². The summed E-state index contributed by atoms with van der Waals surface area (Å²) in [7, 11) is 0. The van der Waals surface area contributed by atoms with Gasteiger partial charge in [-0.25, -0.2) is 8.78 Å². The lowest BCUT2D eigenvalue weighted by Crippen LogP contribution is -2.51. The number of hydrogen-bond donors (Lipinski definition) is 0. The van der Waals surface area contributed by atoms with E-state index in [1.54, 1.807) is 0 Å². The van der Waals surface area contributed by atoms with Crippen molar-refractivity contribution in [3.05, 3.63) is 58.9 Å². The third kappa shape index (κ3) is 5.44. The Morgan fingerprint density at radius 1 is 1.09 bits per heavy atom. The van der Waals surface area contributed by atoms with Crippen molar-refractivity contribution in [1.82, 2.24) is 4.90 Å². The molecule has 1 spiro atoms. The number of allylic oxidation sites excluding steroid dienone is 3. The van der Waals surface area contributed by atoms with Crippen molar-refractivity contribution >= 4 is 11.6 Å². The van der Waals surface area contributed by atoms with Crippen LogP contribution in [0, 0.1) is 24.7 Å². The van der Waals surface area contributed by atoms with Crippen LogP contribution >= 0.6 is 0 Å². The summed E-state index contributed by atoms with van der Waals surface area (Å²) in [6.07, 6.45) is 6.25. The van der Waals surface area contributed by atoms with Crippen LogP contribution in [-0.4, -0.2) is 28.4 Å². The van der Waals surface area contributed by atoms with E-state index in [4.69, 9.17) is 4.99 Å². The Balaban J connectivity index is 1.77. The van der Waals surface area contributed by atoms with Gasteiger partial charge in [-0.2, -0.15) is 0 Å². The lowest BCUT2D eigenvalue weighted by molar-refractivity contribution is -0.133. The van der Waals surface area contributed by atoms with Crippen molar-refractivity contribution in [2.45, 2.75) is 97.4 Å². The first-order valence-corrected chi connectivity index (χ1v) is 13.3. The Morgan fingerprint density at radius 2 is 1.74 bits per heavy atom. The van der Waals surface area contributed by atoms with Crippen molar-refractivity contribution in [2.75, 3.05) is 0 Å². The van der Waals surface area contributed by atoms with E-state index in [-0.39, 0.29) is 24.1 Å². The van der Waals surface area contributed by atoms with Gasteiger partial charge in [0.25, 0.3) is 5.91 Å². The number of aliphatic imine (C=N–C) groups is 1. The van der Waals surface area contributed by atoms with E-state index in [1.807, 2.05) is 4.90 Å². The second-order valence-corrected chi connectivity index (χ2v) is 11.5. The fourth-order valence-electron chi connectivity index (χ4n) is 5.98. The molecule has 0 N–H and O–H groups in total. The third-order valence-electron chi connectivity index (χ3n) is 8.13. The smallest absolute Gasteiger partial charge is 0.274 e. The summed E-state index contributed by atoms with van der Waals surface area (Å²) in [5, 5.41) is 0. The van der Waals surface area contributed by atoms with Gasteiger partial charge in [-0.1, -0.05) is 57.5 Å². The number of benzene rings is 1. The molecule has 1 fully saturated rings. The van der Waals surface area contributed by atoms with Gasteiger partial charge in [0.1, 0.15) is 23.4 Å². The maximum absolute atomic E-state index is 14.3. The quantitative estimate of drug-likeness (QED) is 0.390. The zero-order valence-corrected chi connectivity index (χ0v) is 21.9. The molecule has 190 valence electrons. The molecular weight excluding hydrogens is 442 g/mol. The van der Waals surface area contributed by atoms with E-state index in [2.05, 4.69) is 58.9 Å². The summed E-state index contributed by atoms with van der Waals surface area (Å²) in [6, 6.07) is 8.32. The zero-order valence-electron chi connectivity index (χ0n) is 21.9. The minimum absolute atomic E-state index is 0.00226. The lowest BCUT2D eigenvalue weighted by atomic mass is 9.75. The number of nitrogens with zero attached hydrogens (tertiary/aromatic N) is 2. The van der Waals surface area contributed by atoms with E-state index < -0.39 is 17.7 Å². The number of aryl methyl sites for hydroxylation is 1. The van der Waals surface area contributed by atoms with E-state index in [1.165, 1.54) is 11.6 Å². The number of rotatable bonds is 7. The van der Waals surface area contributed by atoms with Crippen LogP contribution in [0.3, 0.4) is 0 Å². The largest absolute Gasteiger partial charge is 0.305 e. The molecule has 1 aromatic rings. The third-order valence-corrected chi connectivity index (χ3v) is 8.13. The van der Waals surface area contributed by atoms with E-state index in [9.17, 15) is 13.6 Å². The minimum atomic E-state index is -1.43. The molecule has 0 bridgehead atoms. The number of carbonyl (C=O) groups is 1. The topological polar surface area (TPSA) is 32.7 Å². The van der Waals surface area contributed by atoms with E-state index in [0.717, 1.165) is 50.2 Å². The summed E-state index contributed by atoms with van der Waals surface area (Å²) in [6.45, 7) is 11.0. The van der Waals surface area contributed by atoms with Crippen LogP contribution in [-0.2, 0) is 4.79 Å². The van der Waals surface area contributed by atoms with Gasteiger partial charge in [0.05, 0.1) is 6.04 Å². The second kappa shape index (κ2) is 10.4. The highest BCUT2D eigenvalue weighted by Gasteiger charge is 2.52. The van der Waals surface area contributed by atoms with Gasteiger partial charge in [0.15, 0.2) is 0 Å². The van der Waals surface area contributed by atoms with Gasteiger partial charge in [-0.05, 0) is 86.5 Å². The Bertz CT molecular complexity index is 1010. The van der Waals surface area contributed by atoms with Crippen molar-refractivity contribution in [3.8, 4) is 0 Å². The predicted molar refractivity (Wildman–Crippen MR) is 139 cm³/mol. The molecule has 2 aliphatic carbocycles. The van der Waals surface area contributed by atoms with Gasteiger partial charge in [0, 0.05) is 6.42 Å². The molecule has 5 heteroatoms. The molecule has 2 atom stereocenters. The Labute approximate surface area is 209 Å². The summed E-state index contributed by atoms with van der Waals surface area (Å²) in [4.78, 5) is 21.2. The van der Waals surface area contributed by atoms with E-state index in [0.29, 0.717) is 23.3 Å². The number of alkyl halides is 1. The Hall–Kier alpha value is -2.30.